The molecule has 1 unspecified atom stereocenters. The lowest BCUT2D eigenvalue weighted by atomic mass is 10.1. The number of amides is 2. The summed E-state index contributed by atoms with van der Waals surface area (Å²) < 4.78 is 5.10. The van der Waals surface area contributed by atoms with Gasteiger partial charge in [0, 0.05) is 18.2 Å². The zero-order valence-corrected chi connectivity index (χ0v) is 8.92. The zero-order chi connectivity index (χ0) is 10.6. The molecule has 1 rings (SSSR count). The van der Waals surface area contributed by atoms with Gasteiger partial charge in [0.2, 0.25) is 11.8 Å². The van der Waals surface area contributed by atoms with E-state index in [4.69, 9.17) is 16.3 Å². The number of carbonyl (C=O) groups excluding carboxylic acids is 2. The number of alkyl halides is 1. The van der Waals surface area contributed by atoms with Crippen molar-refractivity contribution in [2.45, 2.75) is 13.3 Å². The lowest BCUT2D eigenvalue weighted by Crippen LogP contribution is -2.33. The van der Waals surface area contributed by atoms with Gasteiger partial charge in [-0.25, -0.2) is 0 Å². The number of hydrogen-bond donors (Lipinski definition) is 0. The Hall–Kier alpha value is -0.610. The van der Waals surface area contributed by atoms with Crippen LogP contribution in [0.3, 0.4) is 0 Å². The first kappa shape index (κ1) is 11.5. The van der Waals surface area contributed by atoms with E-state index >= 15 is 0 Å². The highest BCUT2D eigenvalue weighted by Gasteiger charge is 2.34. The molecule has 1 saturated heterocycles. The first-order valence-corrected chi connectivity index (χ1v) is 5.18. The normalized spacial score (nSPS) is 22.1. The van der Waals surface area contributed by atoms with Crippen LogP contribution in [0.2, 0.25) is 0 Å². The molecule has 0 aromatic carbocycles. The highest BCUT2D eigenvalue weighted by molar-refractivity contribution is 6.17. The van der Waals surface area contributed by atoms with Crippen molar-refractivity contribution in [2.75, 3.05) is 25.6 Å². The summed E-state index contributed by atoms with van der Waals surface area (Å²) in [6.45, 7) is 2.93. The van der Waals surface area contributed by atoms with Crippen molar-refractivity contribution >= 4 is 23.4 Å². The van der Waals surface area contributed by atoms with E-state index in [-0.39, 0.29) is 17.7 Å². The van der Waals surface area contributed by atoms with Gasteiger partial charge in [0.05, 0.1) is 19.8 Å². The van der Waals surface area contributed by atoms with Crippen LogP contribution in [0.25, 0.3) is 0 Å². The minimum absolute atomic E-state index is 0.0931. The van der Waals surface area contributed by atoms with E-state index in [2.05, 4.69) is 0 Å². The number of rotatable bonds is 5. The molecule has 80 valence electrons. The van der Waals surface area contributed by atoms with Gasteiger partial charge in [-0.1, -0.05) is 6.92 Å². The molecule has 1 fully saturated rings. The Kier molecular flexibility index (Phi) is 4.35. The van der Waals surface area contributed by atoms with Gasteiger partial charge < -0.3 is 4.74 Å². The summed E-state index contributed by atoms with van der Waals surface area (Å²) >= 11 is 5.40. The molecule has 0 N–H and O–H groups in total. The Morgan fingerprint density at radius 2 is 2.21 bits per heavy atom. The van der Waals surface area contributed by atoms with Gasteiger partial charge in [-0.15, -0.1) is 11.6 Å². The Morgan fingerprint density at radius 3 is 2.71 bits per heavy atom. The van der Waals surface area contributed by atoms with E-state index in [9.17, 15) is 9.59 Å². The van der Waals surface area contributed by atoms with Crippen LogP contribution in [0.4, 0.5) is 0 Å². The van der Waals surface area contributed by atoms with Gasteiger partial charge in [-0.05, 0) is 0 Å². The Morgan fingerprint density at radius 1 is 1.50 bits per heavy atom. The molecule has 1 aliphatic rings. The maximum absolute atomic E-state index is 11.4. The van der Waals surface area contributed by atoms with Gasteiger partial charge in [0.1, 0.15) is 0 Å². The first-order valence-electron chi connectivity index (χ1n) is 4.64. The maximum atomic E-state index is 11.4. The zero-order valence-electron chi connectivity index (χ0n) is 8.16. The standard InChI is InChI=1S/C9H14ClNO3/c1-7-6-8(12)11(9(7)13)3-5-14-4-2-10/h7H,2-6H2,1H3. The lowest BCUT2D eigenvalue weighted by molar-refractivity contribution is -0.140. The molecule has 0 aliphatic carbocycles. The van der Waals surface area contributed by atoms with Crippen molar-refractivity contribution in [3.63, 3.8) is 0 Å². The number of hydrogen-bond acceptors (Lipinski definition) is 3. The molecule has 1 aliphatic heterocycles. The maximum Gasteiger partial charge on any atom is 0.232 e. The molecule has 0 spiro atoms. The third-order valence-corrected chi connectivity index (χ3v) is 2.30. The van der Waals surface area contributed by atoms with E-state index in [1.54, 1.807) is 6.92 Å². The van der Waals surface area contributed by atoms with Crippen molar-refractivity contribution < 1.29 is 14.3 Å². The highest BCUT2D eigenvalue weighted by atomic mass is 35.5. The van der Waals surface area contributed by atoms with Gasteiger partial charge in [-0.3, -0.25) is 14.5 Å². The molecule has 0 saturated carbocycles. The molecule has 1 atom stereocenters. The topological polar surface area (TPSA) is 46.6 Å². The van der Waals surface area contributed by atoms with Crippen molar-refractivity contribution in [3.8, 4) is 0 Å². The predicted octanol–water partition coefficient (Wildman–Crippen LogP) is 0.637. The van der Waals surface area contributed by atoms with Gasteiger partial charge in [0.15, 0.2) is 0 Å². The summed E-state index contributed by atoms with van der Waals surface area (Å²) in [5.41, 5.74) is 0. The summed E-state index contributed by atoms with van der Waals surface area (Å²) in [6, 6.07) is 0. The summed E-state index contributed by atoms with van der Waals surface area (Å²) in [5, 5.41) is 0. The third kappa shape index (κ3) is 2.69. The highest BCUT2D eigenvalue weighted by Crippen LogP contribution is 2.17. The largest absolute Gasteiger partial charge is 0.378 e. The molecule has 1 heterocycles. The SMILES string of the molecule is CC1CC(=O)N(CCOCCCl)C1=O. The fraction of sp³-hybridized carbons (Fsp3) is 0.778. The Balaban J connectivity index is 2.30. The van der Waals surface area contributed by atoms with Crippen LogP contribution < -0.4 is 0 Å². The fourth-order valence-corrected chi connectivity index (χ4v) is 1.50. The van der Waals surface area contributed by atoms with E-state index in [1.165, 1.54) is 4.90 Å². The first-order chi connectivity index (χ1) is 6.66. The summed E-state index contributed by atoms with van der Waals surface area (Å²) in [7, 11) is 0. The molecular weight excluding hydrogens is 206 g/mol. The van der Waals surface area contributed by atoms with E-state index < -0.39 is 0 Å². The minimum Gasteiger partial charge on any atom is -0.378 e. The Labute approximate surface area is 88.2 Å². The predicted molar refractivity (Wildman–Crippen MR) is 52.0 cm³/mol. The number of likely N-dealkylation sites (tertiary alicyclic amines) is 1. The van der Waals surface area contributed by atoms with Crippen molar-refractivity contribution in [3.05, 3.63) is 0 Å². The molecule has 2 amide bonds. The summed E-state index contributed by atoms with van der Waals surface area (Å²) in [4.78, 5) is 23.9. The average Bonchev–Trinajstić information content (AvgIpc) is 2.38. The minimum atomic E-state index is -0.171. The monoisotopic (exact) mass is 219 g/mol. The second-order valence-corrected chi connectivity index (χ2v) is 3.67. The molecular formula is C9H14ClNO3. The molecule has 0 bridgehead atoms. The quantitative estimate of drug-likeness (QED) is 0.387. The third-order valence-electron chi connectivity index (χ3n) is 2.15. The smallest absolute Gasteiger partial charge is 0.232 e. The van der Waals surface area contributed by atoms with Crippen molar-refractivity contribution in [2.24, 2.45) is 5.92 Å². The number of carbonyl (C=O) groups is 2. The van der Waals surface area contributed by atoms with Crippen LogP contribution in [-0.2, 0) is 14.3 Å². The van der Waals surface area contributed by atoms with Crippen LogP contribution in [0.5, 0.6) is 0 Å². The van der Waals surface area contributed by atoms with Crippen LogP contribution in [0.15, 0.2) is 0 Å². The fourth-order valence-electron chi connectivity index (χ4n) is 1.40. The lowest BCUT2D eigenvalue weighted by Gasteiger charge is -2.13. The second-order valence-electron chi connectivity index (χ2n) is 3.29. The number of imide groups is 1. The van der Waals surface area contributed by atoms with Crippen LogP contribution in [-0.4, -0.2) is 42.4 Å². The molecule has 0 aromatic heterocycles. The molecule has 0 radical (unpaired) electrons. The van der Waals surface area contributed by atoms with Crippen LogP contribution in [0, 0.1) is 5.92 Å². The van der Waals surface area contributed by atoms with Gasteiger partial charge in [0.25, 0.3) is 0 Å². The molecule has 0 aromatic rings. The van der Waals surface area contributed by atoms with Crippen LogP contribution >= 0.6 is 11.6 Å². The van der Waals surface area contributed by atoms with E-state index in [1.807, 2.05) is 0 Å². The molecule has 5 heteroatoms. The van der Waals surface area contributed by atoms with E-state index in [0.29, 0.717) is 32.1 Å². The van der Waals surface area contributed by atoms with Gasteiger partial charge >= 0.3 is 0 Å². The number of halogens is 1. The van der Waals surface area contributed by atoms with Crippen molar-refractivity contribution in [1.82, 2.24) is 4.90 Å². The average molecular weight is 220 g/mol. The molecule has 4 nitrogen and oxygen atoms in total. The van der Waals surface area contributed by atoms with E-state index in [0.717, 1.165) is 0 Å². The van der Waals surface area contributed by atoms with Crippen molar-refractivity contribution in [1.29, 1.82) is 0 Å². The number of ether oxygens (including phenoxy) is 1. The molecule has 14 heavy (non-hydrogen) atoms. The summed E-state index contributed by atoms with van der Waals surface area (Å²) in [5.74, 6) is 0.0650. The number of nitrogens with zero attached hydrogens (tertiary/aromatic N) is 1. The second kappa shape index (κ2) is 5.32. The van der Waals surface area contributed by atoms with Crippen LogP contribution in [0.1, 0.15) is 13.3 Å². The summed E-state index contributed by atoms with van der Waals surface area (Å²) in [6.07, 6.45) is 0.328. The Bertz CT molecular complexity index is 232. The van der Waals surface area contributed by atoms with Gasteiger partial charge in [-0.2, -0.15) is 0 Å².